The minimum absolute atomic E-state index is 0.0180. The summed E-state index contributed by atoms with van der Waals surface area (Å²) in [5.74, 6) is -0.138. The van der Waals surface area contributed by atoms with Crippen molar-refractivity contribution in [3.63, 3.8) is 0 Å². The molecule has 3 rings (SSSR count). The molecule has 0 unspecified atom stereocenters. The Bertz CT molecular complexity index is 606. The zero-order valence-corrected chi connectivity index (χ0v) is 11.8. The Balaban J connectivity index is 1.66. The average Bonchev–Trinajstić information content (AvgIpc) is 2.92. The first kappa shape index (κ1) is 13.3. The summed E-state index contributed by atoms with van der Waals surface area (Å²) in [4.78, 5) is 0. The van der Waals surface area contributed by atoms with Crippen LogP contribution < -0.4 is 5.32 Å². The van der Waals surface area contributed by atoms with Crippen LogP contribution in [0.5, 0.6) is 0 Å². The monoisotopic (exact) mass is 269 g/mol. The van der Waals surface area contributed by atoms with E-state index in [1.165, 1.54) is 42.0 Å². The Morgan fingerprint density at radius 2 is 1.90 bits per heavy atom. The fraction of sp³-hybridized carbons (Fsp3) is 0.333. The van der Waals surface area contributed by atoms with Crippen LogP contribution in [0.4, 0.5) is 4.39 Å². The molecule has 0 saturated heterocycles. The molecule has 0 fully saturated rings. The van der Waals surface area contributed by atoms with Gasteiger partial charge in [-0.3, -0.25) is 0 Å². The van der Waals surface area contributed by atoms with E-state index in [4.69, 9.17) is 0 Å². The molecule has 0 radical (unpaired) electrons. The third-order valence-electron chi connectivity index (χ3n) is 4.15. The fourth-order valence-corrected chi connectivity index (χ4v) is 2.94. The van der Waals surface area contributed by atoms with Gasteiger partial charge in [0.1, 0.15) is 5.82 Å². The first-order valence-electron chi connectivity index (χ1n) is 7.32. The van der Waals surface area contributed by atoms with Crippen molar-refractivity contribution >= 4 is 0 Å². The number of nitrogens with one attached hydrogen (secondary N) is 1. The van der Waals surface area contributed by atoms with E-state index in [0.29, 0.717) is 0 Å². The molecule has 0 saturated carbocycles. The molecule has 1 atom stereocenters. The predicted molar refractivity (Wildman–Crippen MR) is 80.1 cm³/mol. The van der Waals surface area contributed by atoms with Crippen molar-refractivity contribution < 1.29 is 4.39 Å². The highest BCUT2D eigenvalue weighted by Crippen LogP contribution is 2.23. The van der Waals surface area contributed by atoms with Crippen LogP contribution >= 0.6 is 0 Å². The zero-order chi connectivity index (χ0) is 13.9. The van der Waals surface area contributed by atoms with Crippen LogP contribution in [0.3, 0.4) is 0 Å². The molecule has 2 aromatic carbocycles. The van der Waals surface area contributed by atoms with Crippen molar-refractivity contribution in [3.05, 3.63) is 70.5 Å². The van der Waals surface area contributed by atoms with E-state index in [-0.39, 0.29) is 11.9 Å². The summed E-state index contributed by atoms with van der Waals surface area (Å²) in [6, 6.07) is 13.7. The van der Waals surface area contributed by atoms with E-state index in [0.717, 1.165) is 12.1 Å². The van der Waals surface area contributed by atoms with Crippen molar-refractivity contribution in [2.75, 3.05) is 0 Å². The molecule has 1 aliphatic carbocycles. The molecule has 0 heterocycles. The van der Waals surface area contributed by atoms with Gasteiger partial charge in [0.15, 0.2) is 0 Å². The molecule has 2 heteroatoms. The Labute approximate surface area is 119 Å². The molecular formula is C18H20FN. The average molecular weight is 269 g/mol. The number of halogens is 1. The first-order chi connectivity index (χ1) is 9.74. The lowest BCUT2D eigenvalue weighted by atomic mass is 10.0. The molecule has 0 amide bonds. The van der Waals surface area contributed by atoms with Gasteiger partial charge in [0.25, 0.3) is 0 Å². The molecule has 0 aromatic heterocycles. The molecule has 1 nitrogen and oxygen atoms in total. The minimum Gasteiger partial charge on any atom is -0.306 e. The summed E-state index contributed by atoms with van der Waals surface area (Å²) >= 11 is 0. The van der Waals surface area contributed by atoms with Gasteiger partial charge < -0.3 is 5.32 Å². The van der Waals surface area contributed by atoms with E-state index in [1.807, 2.05) is 19.1 Å². The van der Waals surface area contributed by atoms with Gasteiger partial charge in [-0.05, 0) is 48.9 Å². The van der Waals surface area contributed by atoms with Crippen LogP contribution in [-0.4, -0.2) is 0 Å². The summed E-state index contributed by atoms with van der Waals surface area (Å²) in [6.07, 6.45) is 3.69. The standard InChI is InChI=1S/C18H20FN/c1-13(17-7-2-3-8-18(17)19)20-12-14-9-10-15-5-4-6-16(15)11-14/h2-3,7-11,13,20H,4-6,12H2,1H3/t13-/m1/s1. The highest BCUT2D eigenvalue weighted by atomic mass is 19.1. The van der Waals surface area contributed by atoms with E-state index < -0.39 is 0 Å². The Morgan fingerprint density at radius 1 is 1.10 bits per heavy atom. The first-order valence-corrected chi connectivity index (χ1v) is 7.32. The number of fused-ring (bicyclic) bond motifs is 1. The summed E-state index contributed by atoms with van der Waals surface area (Å²) < 4.78 is 13.7. The van der Waals surface area contributed by atoms with Gasteiger partial charge in [-0.15, -0.1) is 0 Å². The Kier molecular flexibility index (Phi) is 3.83. The van der Waals surface area contributed by atoms with Gasteiger partial charge in [-0.2, -0.15) is 0 Å². The van der Waals surface area contributed by atoms with E-state index in [9.17, 15) is 4.39 Å². The second kappa shape index (κ2) is 5.76. The van der Waals surface area contributed by atoms with Gasteiger partial charge in [-0.1, -0.05) is 36.4 Å². The maximum atomic E-state index is 13.7. The summed E-state index contributed by atoms with van der Waals surface area (Å²) in [5, 5.41) is 3.41. The van der Waals surface area contributed by atoms with Gasteiger partial charge in [0.05, 0.1) is 0 Å². The molecule has 20 heavy (non-hydrogen) atoms. The molecule has 2 aromatic rings. The van der Waals surface area contributed by atoms with Gasteiger partial charge in [0, 0.05) is 18.2 Å². The lowest BCUT2D eigenvalue weighted by Gasteiger charge is -2.15. The summed E-state index contributed by atoms with van der Waals surface area (Å²) in [5.41, 5.74) is 5.00. The number of hydrogen-bond donors (Lipinski definition) is 1. The molecule has 0 spiro atoms. The third kappa shape index (κ3) is 2.75. The van der Waals surface area contributed by atoms with Crippen molar-refractivity contribution in [2.45, 2.75) is 38.8 Å². The van der Waals surface area contributed by atoms with Gasteiger partial charge in [0.2, 0.25) is 0 Å². The fourth-order valence-electron chi connectivity index (χ4n) is 2.94. The number of hydrogen-bond acceptors (Lipinski definition) is 1. The topological polar surface area (TPSA) is 12.0 Å². The van der Waals surface area contributed by atoms with Crippen LogP contribution in [0.15, 0.2) is 42.5 Å². The van der Waals surface area contributed by atoms with Crippen LogP contribution in [0.1, 0.15) is 41.6 Å². The second-order valence-electron chi connectivity index (χ2n) is 5.58. The summed E-state index contributed by atoms with van der Waals surface area (Å²) in [6.45, 7) is 2.79. The molecule has 1 N–H and O–H groups in total. The smallest absolute Gasteiger partial charge is 0.127 e. The lowest BCUT2D eigenvalue weighted by Crippen LogP contribution is -2.19. The van der Waals surface area contributed by atoms with Crippen LogP contribution in [0.2, 0.25) is 0 Å². The predicted octanol–water partition coefficient (Wildman–Crippen LogP) is 4.17. The van der Waals surface area contributed by atoms with Gasteiger partial charge in [-0.25, -0.2) is 4.39 Å². The SMILES string of the molecule is C[C@@H](NCc1ccc2c(c1)CCC2)c1ccccc1F. The molecule has 0 aliphatic heterocycles. The highest BCUT2D eigenvalue weighted by Gasteiger charge is 2.12. The Hall–Kier alpha value is -1.67. The molecule has 0 bridgehead atoms. The van der Waals surface area contributed by atoms with Crippen LogP contribution in [0.25, 0.3) is 0 Å². The number of rotatable bonds is 4. The van der Waals surface area contributed by atoms with Gasteiger partial charge >= 0.3 is 0 Å². The largest absolute Gasteiger partial charge is 0.306 e. The third-order valence-corrected chi connectivity index (χ3v) is 4.15. The molecule has 104 valence electrons. The van der Waals surface area contributed by atoms with E-state index in [2.05, 4.69) is 23.5 Å². The second-order valence-corrected chi connectivity index (χ2v) is 5.58. The van der Waals surface area contributed by atoms with E-state index >= 15 is 0 Å². The Morgan fingerprint density at radius 3 is 2.75 bits per heavy atom. The van der Waals surface area contributed by atoms with Crippen molar-refractivity contribution in [3.8, 4) is 0 Å². The number of aryl methyl sites for hydroxylation is 2. The van der Waals surface area contributed by atoms with Crippen LogP contribution in [0, 0.1) is 5.82 Å². The molecule has 1 aliphatic rings. The molecular weight excluding hydrogens is 249 g/mol. The van der Waals surface area contributed by atoms with Crippen molar-refractivity contribution in [1.29, 1.82) is 0 Å². The van der Waals surface area contributed by atoms with E-state index in [1.54, 1.807) is 6.07 Å². The maximum Gasteiger partial charge on any atom is 0.127 e. The highest BCUT2D eigenvalue weighted by molar-refractivity contribution is 5.35. The lowest BCUT2D eigenvalue weighted by molar-refractivity contribution is 0.528. The zero-order valence-electron chi connectivity index (χ0n) is 11.8. The normalized spacial score (nSPS) is 15.1. The van der Waals surface area contributed by atoms with Crippen LogP contribution in [-0.2, 0) is 19.4 Å². The summed E-state index contributed by atoms with van der Waals surface area (Å²) in [7, 11) is 0. The number of benzene rings is 2. The quantitative estimate of drug-likeness (QED) is 0.878. The minimum atomic E-state index is -0.138. The van der Waals surface area contributed by atoms with Crippen molar-refractivity contribution in [2.24, 2.45) is 0 Å². The maximum absolute atomic E-state index is 13.7. The van der Waals surface area contributed by atoms with Crippen molar-refractivity contribution in [1.82, 2.24) is 5.32 Å².